The molecule has 1 atom stereocenters. The van der Waals surface area contributed by atoms with Crippen molar-refractivity contribution in [3.05, 3.63) is 111 Å². The molecule has 0 bridgehead atoms. The zero-order valence-corrected chi connectivity index (χ0v) is 23.7. The molecule has 12 heteroatoms. The average molecular weight is 585 g/mol. The van der Waals surface area contributed by atoms with Crippen LogP contribution in [0.1, 0.15) is 46.8 Å². The molecule has 42 heavy (non-hydrogen) atoms. The number of hydroxylamine groups is 1. The Balaban J connectivity index is 1.59. The Labute approximate surface area is 246 Å². The number of para-hydroxylation sites is 1. The van der Waals surface area contributed by atoms with Crippen molar-refractivity contribution in [2.45, 2.75) is 32.9 Å². The standard InChI is InChI=1S/C30H29ClN8O3/c1-3-21(35-26-25(31)17(2)34-30(32)37-26)27-36-23-11-7-10-22(24(23)29(41)39(27)20-8-5-4-6-9-20)33-16-18-12-14-19(15-13-18)28(40)38-42/h4-15,21,33,42H,3,16H2,1-2H3,(H,38,40)(H3,32,34,35,37)/t21-/m0/s1. The molecular formula is C30H29ClN8O3. The molecule has 3 aromatic carbocycles. The molecule has 0 aliphatic carbocycles. The minimum atomic E-state index is -0.590. The van der Waals surface area contributed by atoms with E-state index >= 15 is 0 Å². The number of nitrogens with zero attached hydrogens (tertiary/aromatic N) is 4. The highest BCUT2D eigenvalue weighted by molar-refractivity contribution is 6.33. The number of anilines is 3. The number of hydrogen-bond donors (Lipinski definition) is 5. The molecule has 214 valence electrons. The summed E-state index contributed by atoms with van der Waals surface area (Å²) in [6.45, 7) is 4.11. The van der Waals surface area contributed by atoms with Gasteiger partial charge in [0.15, 0.2) is 5.82 Å². The summed E-state index contributed by atoms with van der Waals surface area (Å²) in [5.41, 5.74) is 10.8. The number of nitrogen functional groups attached to an aromatic ring is 1. The smallest absolute Gasteiger partial charge is 0.274 e. The van der Waals surface area contributed by atoms with Crippen LogP contribution < -0.4 is 27.4 Å². The minimum absolute atomic E-state index is 0.0863. The molecule has 5 aromatic rings. The van der Waals surface area contributed by atoms with Gasteiger partial charge >= 0.3 is 0 Å². The van der Waals surface area contributed by atoms with E-state index in [9.17, 15) is 9.59 Å². The van der Waals surface area contributed by atoms with Gasteiger partial charge in [0.05, 0.1) is 28.3 Å². The summed E-state index contributed by atoms with van der Waals surface area (Å²) in [6.07, 6.45) is 0.562. The topological polar surface area (TPSA) is 160 Å². The highest BCUT2D eigenvalue weighted by Gasteiger charge is 2.23. The van der Waals surface area contributed by atoms with Crippen LogP contribution >= 0.6 is 11.6 Å². The van der Waals surface area contributed by atoms with Gasteiger partial charge in [-0.3, -0.25) is 19.4 Å². The lowest BCUT2D eigenvalue weighted by molar-refractivity contribution is 0.0706. The fraction of sp³-hybridized carbons (Fsp3) is 0.167. The van der Waals surface area contributed by atoms with Crippen molar-refractivity contribution >= 4 is 45.9 Å². The Morgan fingerprint density at radius 1 is 1.02 bits per heavy atom. The summed E-state index contributed by atoms with van der Waals surface area (Å²) in [5, 5.41) is 16.3. The van der Waals surface area contributed by atoms with Crippen LogP contribution in [-0.2, 0) is 6.54 Å². The molecule has 0 aliphatic heterocycles. The number of carbonyl (C=O) groups is 1. The molecule has 11 nitrogen and oxygen atoms in total. The predicted molar refractivity (Wildman–Crippen MR) is 163 cm³/mol. The van der Waals surface area contributed by atoms with E-state index < -0.39 is 11.9 Å². The van der Waals surface area contributed by atoms with Gasteiger partial charge in [0, 0.05) is 17.8 Å². The van der Waals surface area contributed by atoms with Gasteiger partial charge in [-0.05, 0) is 55.3 Å². The average Bonchev–Trinajstić information content (AvgIpc) is 3.01. The van der Waals surface area contributed by atoms with E-state index in [1.807, 2.05) is 49.4 Å². The number of hydrogen-bond acceptors (Lipinski definition) is 9. The normalized spacial score (nSPS) is 11.7. The lowest BCUT2D eigenvalue weighted by atomic mass is 10.1. The lowest BCUT2D eigenvalue weighted by Gasteiger charge is -2.23. The molecule has 0 spiro atoms. The number of halogens is 1. The first-order valence-electron chi connectivity index (χ1n) is 13.2. The molecule has 2 heterocycles. The van der Waals surface area contributed by atoms with Crippen LogP contribution in [-0.4, -0.2) is 30.6 Å². The number of rotatable bonds is 9. The van der Waals surface area contributed by atoms with Crippen LogP contribution in [0.3, 0.4) is 0 Å². The molecule has 1 amide bonds. The van der Waals surface area contributed by atoms with Crippen molar-refractivity contribution in [1.82, 2.24) is 25.0 Å². The number of aryl methyl sites for hydroxylation is 1. The molecule has 0 aliphatic rings. The monoisotopic (exact) mass is 584 g/mol. The first-order chi connectivity index (χ1) is 20.3. The van der Waals surface area contributed by atoms with Crippen LogP contribution in [0.2, 0.25) is 5.02 Å². The van der Waals surface area contributed by atoms with Crippen molar-refractivity contribution in [1.29, 1.82) is 0 Å². The first-order valence-corrected chi connectivity index (χ1v) is 13.6. The fourth-order valence-corrected chi connectivity index (χ4v) is 4.82. The van der Waals surface area contributed by atoms with Crippen molar-refractivity contribution in [2.75, 3.05) is 16.4 Å². The molecule has 6 N–H and O–H groups in total. The second-order valence-corrected chi connectivity index (χ2v) is 9.95. The third-order valence-corrected chi connectivity index (χ3v) is 7.26. The van der Waals surface area contributed by atoms with Crippen molar-refractivity contribution in [3.8, 4) is 5.69 Å². The second kappa shape index (κ2) is 12.2. The largest absolute Gasteiger partial charge is 0.380 e. The summed E-state index contributed by atoms with van der Waals surface area (Å²) in [7, 11) is 0. The van der Waals surface area contributed by atoms with Gasteiger partial charge in [0.2, 0.25) is 5.95 Å². The van der Waals surface area contributed by atoms with E-state index in [0.717, 1.165) is 5.56 Å². The van der Waals surface area contributed by atoms with Crippen LogP contribution in [0.4, 0.5) is 17.5 Å². The summed E-state index contributed by atoms with van der Waals surface area (Å²) in [4.78, 5) is 39.3. The third-order valence-electron chi connectivity index (χ3n) is 6.80. The lowest BCUT2D eigenvalue weighted by Crippen LogP contribution is -2.29. The highest BCUT2D eigenvalue weighted by Crippen LogP contribution is 2.30. The Morgan fingerprint density at radius 2 is 1.76 bits per heavy atom. The Bertz CT molecular complexity index is 1810. The molecule has 0 saturated carbocycles. The van der Waals surface area contributed by atoms with E-state index in [4.69, 9.17) is 27.5 Å². The van der Waals surface area contributed by atoms with Crippen molar-refractivity contribution < 1.29 is 10.0 Å². The van der Waals surface area contributed by atoms with Crippen molar-refractivity contribution in [2.24, 2.45) is 0 Å². The predicted octanol–water partition coefficient (Wildman–Crippen LogP) is 5.01. The Morgan fingerprint density at radius 3 is 2.45 bits per heavy atom. The summed E-state index contributed by atoms with van der Waals surface area (Å²) >= 11 is 6.50. The van der Waals surface area contributed by atoms with Gasteiger partial charge < -0.3 is 16.4 Å². The van der Waals surface area contributed by atoms with E-state index in [0.29, 0.717) is 63.2 Å². The number of benzene rings is 3. The zero-order chi connectivity index (χ0) is 29.8. The van der Waals surface area contributed by atoms with Crippen LogP contribution in [0.5, 0.6) is 0 Å². The van der Waals surface area contributed by atoms with E-state index in [2.05, 4.69) is 20.6 Å². The molecule has 2 aromatic heterocycles. The second-order valence-electron chi connectivity index (χ2n) is 9.57. The van der Waals surface area contributed by atoms with Gasteiger partial charge in [-0.25, -0.2) is 15.4 Å². The van der Waals surface area contributed by atoms with Gasteiger partial charge in [-0.15, -0.1) is 0 Å². The quantitative estimate of drug-likeness (QED) is 0.118. The Kier molecular flexibility index (Phi) is 8.32. The van der Waals surface area contributed by atoms with Gasteiger partial charge in [-0.1, -0.05) is 54.9 Å². The number of nitrogens with two attached hydrogens (primary N) is 1. The number of fused-ring (bicyclic) bond motifs is 1. The maximum Gasteiger partial charge on any atom is 0.274 e. The first kappa shape index (κ1) is 28.5. The van der Waals surface area contributed by atoms with Gasteiger partial charge in [-0.2, -0.15) is 4.98 Å². The molecule has 5 rings (SSSR count). The van der Waals surface area contributed by atoms with Crippen LogP contribution in [0.25, 0.3) is 16.6 Å². The maximum absolute atomic E-state index is 14.3. The van der Waals surface area contributed by atoms with E-state index in [1.54, 1.807) is 47.3 Å². The van der Waals surface area contributed by atoms with Crippen LogP contribution in [0, 0.1) is 6.92 Å². The number of nitrogens with one attached hydrogen (secondary N) is 3. The van der Waals surface area contributed by atoms with Gasteiger partial charge in [0.25, 0.3) is 11.5 Å². The summed E-state index contributed by atoms with van der Waals surface area (Å²) in [5.74, 6) is 0.345. The Hall–Kier alpha value is -5.00. The van der Waals surface area contributed by atoms with E-state index in [-0.39, 0.29) is 11.5 Å². The summed E-state index contributed by atoms with van der Waals surface area (Å²) in [6, 6.07) is 21.1. The highest BCUT2D eigenvalue weighted by atomic mass is 35.5. The zero-order valence-electron chi connectivity index (χ0n) is 22.9. The molecular weight excluding hydrogens is 556 g/mol. The molecule has 0 unspecified atom stereocenters. The van der Waals surface area contributed by atoms with E-state index in [1.165, 1.54) is 0 Å². The number of carbonyl (C=O) groups excluding carboxylic acids is 1. The molecule has 0 saturated heterocycles. The number of aromatic nitrogens is 4. The fourth-order valence-electron chi connectivity index (χ4n) is 4.68. The van der Waals surface area contributed by atoms with Gasteiger partial charge in [0.1, 0.15) is 10.8 Å². The maximum atomic E-state index is 14.3. The summed E-state index contributed by atoms with van der Waals surface area (Å²) < 4.78 is 1.60. The van der Waals surface area contributed by atoms with Crippen molar-refractivity contribution in [3.63, 3.8) is 0 Å². The van der Waals surface area contributed by atoms with Crippen LogP contribution in [0.15, 0.2) is 77.6 Å². The molecule has 0 fully saturated rings. The third kappa shape index (κ3) is 5.73. The molecule has 0 radical (unpaired) electrons. The SMILES string of the molecule is CC[C@H](Nc1nc(N)nc(C)c1Cl)c1nc2cccc(NCc3ccc(C(=O)NO)cc3)c2c(=O)n1-c1ccccc1. The minimum Gasteiger partial charge on any atom is -0.380 e. The number of amides is 1.